The van der Waals surface area contributed by atoms with Crippen LogP contribution in [0.25, 0.3) is 0 Å². The normalized spacial score (nSPS) is 22.4. The van der Waals surface area contributed by atoms with Crippen molar-refractivity contribution in [3.63, 3.8) is 0 Å². The Morgan fingerprint density at radius 1 is 1.29 bits per heavy atom. The van der Waals surface area contributed by atoms with Crippen molar-refractivity contribution >= 4 is 11.6 Å². The van der Waals surface area contributed by atoms with E-state index in [1.807, 2.05) is 6.07 Å². The molecule has 1 saturated heterocycles. The Morgan fingerprint density at radius 3 is 2.88 bits per heavy atom. The number of aromatic nitrogens is 2. The highest BCUT2D eigenvalue weighted by molar-refractivity contribution is 6.29. The topological polar surface area (TPSA) is 49.2 Å². The van der Waals surface area contributed by atoms with Crippen LogP contribution in [0.5, 0.6) is 0 Å². The Balaban J connectivity index is 2.01. The number of hydrogen-bond acceptors (Lipinski definition) is 4. The predicted octanol–water partition coefficient (Wildman–Crippen LogP) is 1.87. The Labute approximate surface area is 107 Å². The Kier molecular flexibility index (Phi) is 4.71. The Morgan fingerprint density at radius 2 is 2.18 bits per heavy atom. The molecule has 94 valence electrons. The molecule has 1 aliphatic rings. The number of likely N-dealkylation sites (tertiary alicyclic amines) is 1. The van der Waals surface area contributed by atoms with E-state index >= 15 is 0 Å². The second-order valence-corrected chi connectivity index (χ2v) is 4.89. The fraction of sp³-hybridized carbons (Fsp3) is 0.667. The van der Waals surface area contributed by atoms with Gasteiger partial charge in [-0.1, -0.05) is 24.4 Å². The van der Waals surface area contributed by atoms with Crippen LogP contribution < -0.4 is 0 Å². The fourth-order valence-corrected chi connectivity index (χ4v) is 2.39. The lowest BCUT2D eigenvalue weighted by atomic mass is 10.1. The molecule has 2 rings (SSSR count). The van der Waals surface area contributed by atoms with Crippen molar-refractivity contribution < 1.29 is 5.11 Å². The molecule has 1 fully saturated rings. The van der Waals surface area contributed by atoms with Gasteiger partial charge >= 0.3 is 0 Å². The molecule has 5 heteroatoms. The van der Waals surface area contributed by atoms with Crippen LogP contribution in [0.3, 0.4) is 0 Å². The summed E-state index contributed by atoms with van der Waals surface area (Å²) in [4.78, 5) is 2.30. The van der Waals surface area contributed by atoms with Gasteiger partial charge in [-0.3, -0.25) is 4.90 Å². The summed E-state index contributed by atoms with van der Waals surface area (Å²) in [5.74, 6) is 0. The first-order valence-electron chi connectivity index (χ1n) is 6.12. The molecule has 1 aliphatic heterocycles. The van der Waals surface area contributed by atoms with Gasteiger partial charge in [-0.25, -0.2) is 0 Å². The third-order valence-corrected chi connectivity index (χ3v) is 3.46. The second kappa shape index (κ2) is 6.28. The van der Waals surface area contributed by atoms with Crippen LogP contribution in [0, 0.1) is 0 Å². The van der Waals surface area contributed by atoms with Gasteiger partial charge in [0.1, 0.15) is 0 Å². The highest BCUT2D eigenvalue weighted by Gasteiger charge is 2.20. The van der Waals surface area contributed by atoms with Gasteiger partial charge in [0.25, 0.3) is 0 Å². The summed E-state index contributed by atoms with van der Waals surface area (Å²) >= 11 is 5.71. The van der Waals surface area contributed by atoms with E-state index < -0.39 is 0 Å². The minimum absolute atomic E-state index is 0.223. The zero-order valence-electron chi connectivity index (χ0n) is 9.85. The van der Waals surface area contributed by atoms with E-state index in [4.69, 9.17) is 11.6 Å². The number of aliphatic hydroxyl groups is 1. The number of hydrogen-bond donors (Lipinski definition) is 1. The molecule has 0 spiro atoms. The Hall–Kier alpha value is -0.710. The van der Waals surface area contributed by atoms with E-state index in [0.717, 1.165) is 25.2 Å². The van der Waals surface area contributed by atoms with E-state index in [-0.39, 0.29) is 12.6 Å². The minimum atomic E-state index is 0.223. The molecule has 0 aliphatic carbocycles. The van der Waals surface area contributed by atoms with E-state index in [1.165, 1.54) is 19.3 Å². The molecule has 0 bridgehead atoms. The third-order valence-electron chi connectivity index (χ3n) is 3.26. The molecule has 0 amide bonds. The van der Waals surface area contributed by atoms with Crippen LogP contribution in [0.15, 0.2) is 12.1 Å². The summed E-state index contributed by atoms with van der Waals surface area (Å²) in [6, 6.07) is 3.92. The van der Waals surface area contributed by atoms with Crippen molar-refractivity contribution in [3.05, 3.63) is 23.0 Å². The molecule has 0 aromatic carbocycles. The van der Waals surface area contributed by atoms with Crippen LogP contribution >= 0.6 is 11.6 Å². The predicted molar refractivity (Wildman–Crippen MR) is 66.8 cm³/mol. The van der Waals surface area contributed by atoms with Gasteiger partial charge in [0.15, 0.2) is 5.15 Å². The van der Waals surface area contributed by atoms with Crippen LogP contribution in [0.1, 0.15) is 31.4 Å². The maximum absolute atomic E-state index is 9.41. The molecule has 1 atom stereocenters. The first-order valence-corrected chi connectivity index (χ1v) is 6.50. The molecule has 1 unspecified atom stereocenters. The summed E-state index contributed by atoms with van der Waals surface area (Å²) in [5, 5.41) is 17.7. The van der Waals surface area contributed by atoms with Crippen molar-refractivity contribution in [2.24, 2.45) is 0 Å². The standard InChI is InChI=1S/C12H18ClN3O/c13-12-6-5-10(14-15-12)8-16-7-3-1-2-4-11(16)9-17/h5-6,11,17H,1-4,7-9H2. The van der Waals surface area contributed by atoms with Crippen molar-refractivity contribution in [3.8, 4) is 0 Å². The summed E-state index contributed by atoms with van der Waals surface area (Å²) in [5.41, 5.74) is 0.912. The highest BCUT2D eigenvalue weighted by atomic mass is 35.5. The number of aliphatic hydroxyl groups excluding tert-OH is 1. The largest absolute Gasteiger partial charge is 0.395 e. The molecule has 1 N–H and O–H groups in total. The average Bonchev–Trinajstić information content (AvgIpc) is 2.57. The van der Waals surface area contributed by atoms with Gasteiger partial charge in [-0.05, 0) is 31.5 Å². The van der Waals surface area contributed by atoms with Crippen LogP contribution in [0.2, 0.25) is 5.15 Å². The maximum atomic E-state index is 9.41. The molecule has 2 heterocycles. The lowest BCUT2D eigenvalue weighted by Crippen LogP contribution is -2.37. The molecular formula is C12H18ClN3O. The first kappa shape index (κ1) is 12.7. The van der Waals surface area contributed by atoms with Gasteiger partial charge in [-0.2, -0.15) is 5.10 Å². The van der Waals surface area contributed by atoms with Gasteiger partial charge in [0, 0.05) is 12.6 Å². The van der Waals surface area contributed by atoms with Crippen molar-refractivity contribution in [1.82, 2.24) is 15.1 Å². The van der Waals surface area contributed by atoms with Gasteiger partial charge < -0.3 is 5.11 Å². The van der Waals surface area contributed by atoms with Crippen LogP contribution in [-0.2, 0) is 6.54 Å². The molecule has 1 aromatic heterocycles. The molecule has 1 aromatic rings. The quantitative estimate of drug-likeness (QED) is 0.896. The van der Waals surface area contributed by atoms with Crippen LogP contribution in [0.4, 0.5) is 0 Å². The summed E-state index contributed by atoms with van der Waals surface area (Å²) in [7, 11) is 0. The van der Waals surface area contributed by atoms with E-state index in [0.29, 0.717) is 5.15 Å². The minimum Gasteiger partial charge on any atom is -0.395 e. The zero-order chi connectivity index (χ0) is 12.1. The summed E-state index contributed by atoms with van der Waals surface area (Å²) < 4.78 is 0. The zero-order valence-corrected chi connectivity index (χ0v) is 10.6. The lowest BCUT2D eigenvalue weighted by molar-refractivity contribution is 0.117. The highest BCUT2D eigenvalue weighted by Crippen LogP contribution is 2.18. The molecule has 0 saturated carbocycles. The Bertz CT molecular complexity index is 344. The van der Waals surface area contributed by atoms with Crippen molar-refractivity contribution in [2.75, 3.05) is 13.2 Å². The van der Waals surface area contributed by atoms with Crippen molar-refractivity contribution in [1.29, 1.82) is 0 Å². The van der Waals surface area contributed by atoms with E-state index in [9.17, 15) is 5.11 Å². The summed E-state index contributed by atoms with van der Waals surface area (Å²) in [6.45, 7) is 1.99. The molecule has 4 nitrogen and oxygen atoms in total. The second-order valence-electron chi connectivity index (χ2n) is 4.50. The average molecular weight is 256 g/mol. The van der Waals surface area contributed by atoms with Gasteiger partial charge in [-0.15, -0.1) is 5.10 Å². The van der Waals surface area contributed by atoms with Crippen molar-refractivity contribution in [2.45, 2.75) is 38.3 Å². The smallest absolute Gasteiger partial charge is 0.151 e. The van der Waals surface area contributed by atoms with Crippen LogP contribution in [-0.4, -0.2) is 39.4 Å². The van der Waals surface area contributed by atoms with E-state index in [2.05, 4.69) is 15.1 Å². The van der Waals surface area contributed by atoms with Gasteiger partial charge in [0.05, 0.1) is 12.3 Å². The number of halogens is 1. The number of rotatable bonds is 3. The monoisotopic (exact) mass is 255 g/mol. The molecule has 0 radical (unpaired) electrons. The molecular weight excluding hydrogens is 238 g/mol. The van der Waals surface area contributed by atoms with Gasteiger partial charge in [0.2, 0.25) is 0 Å². The maximum Gasteiger partial charge on any atom is 0.151 e. The molecule has 17 heavy (non-hydrogen) atoms. The lowest BCUT2D eigenvalue weighted by Gasteiger charge is -2.27. The fourth-order valence-electron chi connectivity index (χ4n) is 2.29. The first-order chi connectivity index (χ1) is 8.29. The number of nitrogens with zero attached hydrogens (tertiary/aromatic N) is 3. The van der Waals surface area contributed by atoms with E-state index in [1.54, 1.807) is 6.07 Å². The third kappa shape index (κ3) is 3.63. The SMILES string of the molecule is OCC1CCCCCN1Cc1ccc(Cl)nn1. The summed E-state index contributed by atoms with van der Waals surface area (Å²) in [6.07, 6.45) is 4.71.